The Bertz CT molecular complexity index is 609. The average molecular weight is 244 g/mol. The van der Waals surface area contributed by atoms with Gasteiger partial charge in [-0.05, 0) is 24.5 Å². The van der Waals surface area contributed by atoms with Gasteiger partial charge in [0.1, 0.15) is 0 Å². The van der Waals surface area contributed by atoms with E-state index in [4.69, 9.17) is 0 Å². The van der Waals surface area contributed by atoms with Crippen molar-refractivity contribution in [2.24, 2.45) is 7.05 Å². The molecule has 2 aromatic rings. The Hall–Kier alpha value is -1.84. The standard InChI is InChI=1S/C14H16N2O2/c1-16-9-15-11-6-4-5-10(12(11)16)14(13(17)18)7-2-3-8-14/h4-6,9H,2-3,7-8H2,1H3,(H,17,18). The lowest BCUT2D eigenvalue weighted by Crippen LogP contribution is -2.33. The molecule has 0 unspecified atom stereocenters. The van der Waals surface area contributed by atoms with Crippen LogP contribution in [0.4, 0.5) is 0 Å². The second kappa shape index (κ2) is 3.83. The van der Waals surface area contributed by atoms with Crippen molar-refractivity contribution in [3.63, 3.8) is 0 Å². The molecule has 1 fully saturated rings. The number of hydrogen-bond donors (Lipinski definition) is 1. The summed E-state index contributed by atoms with van der Waals surface area (Å²) in [6.07, 6.45) is 5.18. The van der Waals surface area contributed by atoms with Gasteiger partial charge in [0.15, 0.2) is 0 Å². The molecule has 1 heterocycles. The highest BCUT2D eigenvalue weighted by atomic mass is 16.4. The van der Waals surface area contributed by atoms with Crippen molar-refractivity contribution in [3.05, 3.63) is 30.1 Å². The second-order valence-electron chi connectivity index (χ2n) is 5.12. The summed E-state index contributed by atoms with van der Waals surface area (Å²) in [7, 11) is 1.92. The van der Waals surface area contributed by atoms with E-state index in [1.807, 2.05) is 29.8 Å². The van der Waals surface area contributed by atoms with E-state index in [-0.39, 0.29) is 0 Å². The van der Waals surface area contributed by atoms with E-state index in [1.54, 1.807) is 6.33 Å². The highest BCUT2D eigenvalue weighted by molar-refractivity contribution is 5.90. The third-order valence-electron chi connectivity index (χ3n) is 4.12. The Balaban J connectivity index is 2.30. The largest absolute Gasteiger partial charge is 0.481 e. The van der Waals surface area contributed by atoms with Crippen LogP contribution < -0.4 is 0 Å². The predicted octanol–water partition coefficient (Wildman–Crippen LogP) is 2.47. The van der Waals surface area contributed by atoms with E-state index in [0.717, 1.165) is 42.3 Å². The van der Waals surface area contributed by atoms with Gasteiger partial charge in [0.25, 0.3) is 0 Å². The topological polar surface area (TPSA) is 55.1 Å². The van der Waals surface area contributed by atoms with Gasteiger partial charge in [-0.1, -0.05) is 25.0 Å². The van der Waals surface area contributed by atoms with Crippen molar-refractivity contribution in [1.82, 2.24) is 9.55 Å². The number of hydrogen-bond acceptors (Lipinski definition) is 2. The third-order valence-corrected chi connectivity index (χ3v) is 4.12. The zero-order valence-electron chi connectivity index (χ0n) is 10.4. The molecule has 1 N–H and O–H groups in total. The average Bonchev–Trinajstić information content (AvgIpc) is 2.97. The Morgan fingerprint density at radius 1 is 1.39 bits per heavy atom. The van der Waals surface area contributed by atoms with E-state index < -0.39 is 11.4 Å². The molecule has 0 amide bonds. The van der Waals surface area contributed by atoms with Gasteiger partial charge in [-0.25, -0.2) is 4.98 Å². The van der Waals surface area contributed by atoms with Gasteiger partial charge in [-0.15, -0.1) is 0 Å². The number of aromatic nitrogens is 2. The van der Waals surface area contributed by atoms with Gasteiger partial charge in [0.2, 0.25) is 0 Å². The monoisotopic (exact) mass is 244 g/mol. The molecule has 18 heavy (non-hydrogen) atoms. The molecule has 3 rings (SSSR count). The molecular formula is C14H16N2O2. The summed E-state index contributed by atoms with van der Waals surface area (Å²) in [5.41, 5.74) is 2.04. The first-order valence-corrected chi connectivity index (χ1v) is 6.29. The molecule has 1 aromatic heterocycles. The van der Waals surface area contributed by atoms with E-state index in [0.29, 0.717) is 0 Å². The van der Waals surface area contributed by atoms with Crippen LogP contribution in [-0.2, 0) is 17.3 Å². The summed E-state index contributed by atoms with van der Waals surface area (Å²) in [5, 5.41) is 9.68. The van der Waals surface area contributed by atoms with Crippen LogP contribution in [0.3, 0.4) is 0 Å². The van der Waals surface area contributed by atoms with Crippen LogP contribution in [-0.4, -0.2) is 20.6 Å². The van der Waals surface area contributed by atoms with Gasteiger partial charge in [-0.2, -0.15) is 0 Å². The van der Waals surface area contributed by atoms with Crippen molar-refractivity contribution in [1.29, 1.82) is 0 Å². The molecule has 1 aromatic carbocycles. The number of nitrogens with zero attached hydrogens (tertiary/aromatic N) is 2. The lowest BCUT2D eigenvalue weighted by molar-refractivity contribution is -0.143. The van der Waals surface area contributed by atoms with Gasteiger partial charge >= 0.3 is 5.97 Å². The number of carboxylic acid groups (broad SMARTS) is 1. The minimum absolute atomic E-state index is 0.700. The van der Waals surface area contributed by atoms with Crippen molar-refractivity contribution in [3.8, 4) is 0 Å². The molecule has 1 aliphatic carbocycles. The summed E-state index contributed by atoms with van der Waals surface area (Å²) in [5.74, 6) is -0.700. The maximum absolute atomic E-state index is 11.8. The van der Waals surface area contributed by atoms with Gasteiger partial charge in [0.05, 0.1) is 22.8 Å². The SMILES string of the molecule is Cn1cnc2cccc(C3(C(=O)O)CCCC3)c21. The zero-order chi connectivity index (χ0) is 12.8. The first kappa shape index (κ1) is 11.3. The number of carbonyl (C=O) groups is 1. The number of fused-ring (bicyclic) bond motifs is 1. The molecule has 4 heteroatoms. The van der Waals surface area contributed by atoms with E-state index in [9.17, 15) is 9.90 Å². The van der Waals surface area contributed by atoms with Crippen LogP contribution in [0.5, 0.6) is 0 Å². The minimum Gasteiger partial charge on any atom is -0.481 e. The predicted molar refractivity (Wildman–Crippen MR) is 68.5 cm³/mol. The van der Waals surface area contributed by atoms with E-state index in [1.165, 1.54) is 0 Å². The van der Waals surface area contributed by atoms with Crippen LogP contribution >= 0.6 is 0 Å². The highest BCUT2D eigenvalue weighted by Crippen LogP contribution is 2.43. The first-order valence-electron chi connectivity index (χ1n) is 6.29. The Morgan fingerprint density at radius 2 is 2.11 bits per heavy atom. The van der Waals surface area contributed by atoms with E-state index >= 15 is 0 Å². The Morgan fingerprint density at radius 3 is 2.78 bits per heavy atom. The molecule has 1 saturated carbocycles. The summed E-state index contributed by atoms with van der Waals surface area (Å²) >= 11 is 0. The maximum atomic E-state index is 11.8. The number of benzene rings is 1. The zero-order valence-corrected chi connectivity index (χ0v) is 10.4. The molecule has 0 atom stereocenters. The molecule has 1 aliphatic rings. The molecule has 0 radical (unpaired) electrons. The van der Waals surface area contributed by atoms with Crippen LogP contribution in [0, 0.1) is 0 Å². The van der Waals surface area contributed by atoms with Crippen LogP contribution in [0.1, 0.15) is 31.2 Å². The second-order valence-corrected chi connectivity index (χ2v) is 5.12. The van der Waals surface area contributed by atoms with Crippen LogP contribution in [0.15, 0.2) is 24.5 Å². The molecule has 4 nitrogen and oxygen atoms in total. The molecule has 0 bridgehead atoms. The number of imidazole rings is 1. The number of para-hydroxylation sites is 1. The van der Waals surface area contributed by atoms with Crippen LogP contribution in [0.2, 0.25) is 0 Å². The summed E-state index contributed by atoms with van der Waals surface area (Å²) in [6.45, 7) is 0. The van der Waals surface area contributed by atoms with Crippen molar-refractivity contribution in [2.45, 2.75) is 31.1 Å². The van der Waals surface area contributed by atoms with E-state index in [2.05, 4.69) is 4.98 Å². The lowest BCUT2D eigenvalue weighted by Gasteiger charge is -2.25. The van der Waals surface area contributed by atoms with Crippen molar-refractivity contribution < 1.29 is 9.90 Å². The fraction of sp³-hybridized carbons (Fsp3) is 0.429. The first-order chi connectivity index (χ1) is 8.65. The van der Waals surface area contributed by atoms with Crippen LogP contribution in [0.25, 0.3) is 11.0 Å². The smallest absolute Gasteiger partial charge is 0.314 e. The summed E-state index contributed by atoms with van der Waals surface area (Å²) in [4.78, 5) is 16.1. The van der Waals surface area contributed by atoms with Gasteiger partial charge < -0.3 is 9.67 Å². The fourth-order valence-electron chi connectivity index (χ4n) is 3.18. The molecule has 0 spiro atoms. The van der Waals surface area contributed by atoms with Crippen molar-refractivity contribution in [2.75, 3.05) is 0 Å². The molecule has 94 valence electrons. The number of aliphatic carboxylic acids is 1. The van der Waals surface area contributed by atoms with Gasteiger partial charge in [0, 0.05) is 7.05 Å². The minimum atomic E-state index is -0.715. The number of carboxylic acids is 1. The number of aryl methyl sites for hydroxylation is 1. The summed E-state index contributed by atoms with van der Waals surface area (Å²) < 4.78 is 1.92. The van der Waals surface area contributed by atoms with Gasteiger partial charge in [-0.3, -0.25) is 4.79 Å². The Kier molecular flexibility index (Phi) is 2.40. The number of rotatable bonds is 2. The normalized spacial score (nSPS) is 18.3. The third kappa shape index (κ3) is 1.38. The Labute approximate surface area is 105 Å². The maximum Gasteiger partial charge on any atom is 0.314 e. The van der Waals surface area contributed by atoms with Crippen molar-refractivity contribution >= 4 is 17.0 Å². The quantitative estimate of drug-likeness (QED) is 0.882. The fourth-order valence-corrected chi connectivity index (χ4v) is 3.18. The lowest BCUT2D eigenvalue weighted by atomic mass is 9.78. The highest BCUT2D eigenvalue weighted by Gasteiger charge is 2.44. The summed E-state index contributed by atoms with van der Waals surface area (Å²) in [6, 6.07) is 5.79. The molecular weight excluding hydrogens is 228 g/mol. The molecule has 0 aliphatic heterocycles. The molecule has 0 saturated heterocycles.